The Kier molecular flexibility index (Phi) is 3.43. The maximum Gasteiger partial charge on any atom is 0.0352 e. The van der Waals surface area contributed by atoms with E-state index in [1.165, 1.54) is 39.3 Å². The summed E-state index contributed by atoms with van der Waals surface area (Å²) in [5.41, 5.74) is 0.506. The van der Waals surface area contributed by atoms with Crippen LogP contribution >= 0.6 is 0 Å². The first-order valence-corrected chi connectivity index (χ1v) is 8.06. The molecule has 3 aliphatic rings. The summed E-state index contributed by atoms with van der Waals surface area (Å²) in [6.45, 7) is 19.7. The zero-order valence-corrected chi connectivity index (χ0v) is 13.4. The number of rotatable bonds is 3. The van der Waals surface area contributed by atoms with Gasteiger partial charge in [0.05, 0.1) is 0 Å². The number of nitrogens with zero attached hydrogens (tertiary/aromatic N) is 3. The first kappa shape index (κ1) is 13.8. The van der Waals surface area contributed by atoms with Crippen LogP contribution in [0.4, 0.5) is 0 Å². The van der Waals surface area contributed by atoms with E-state index >= 15 is 0 Å². The molecule has 0 spiro atoms. The third-order valence-electron chi connectivity index (χ3n) is 5.68. The fraction of sp³-hybridized carbons (Fsp3) is 1.00. The molecule has 3 aliphatic heterocycles. The number of hydrogen-bond acceptors (Lipinski definition) is 3. The molecule has 3 rings (SSSR count). The molecule has 3 heterocycles. The van der Waals surface area contributed by atoms with Gasteiger partial charge < -0.3 is 0 Å². The summed E-state index contributed by atoms with van der Waals surface area (Å²) in [5, 5.41) is 0. The second-order valence-electron chi connectivity index (χ2n) is 8.33. The average Bonchev–Trinajstić information content (AvgIpc) is 2.04. The normalized spacial score (nSPS) is 29.4. The van der Waals surface area contributed by atoms with Crippen LogP contribution in [0.25, 0.3) is 0 Å². The number of likely N-dealkylation sites (tertiary alicyclic amines) is 3. The first-order valence-electron chi connectivity index (χ1n) is 8.06. The zero-order chi connectivity index (χ0) is 13.8. The van der Waals surface area contributed by atoms with Crippen LogP contribution in [0.1, 0.15) is 34.6 Å². The Balaban J connectivity index is 1.34. The van der Waals surface area contributed by atoms with Crippen molar-refractivity contribution in [3.8, 4) is 0 Å². The van der Waals surface area contributed by atoms with E-state index in [4.69, 9.17) is 0 Å². The summed E-state index contributed by atoms with van der Waals surface area (Å²) in [4.78, 5) is 8.00. The van der Waals surface area contributed by atoms with E-state index in [0.29, 0.717) is 5.41 Å². The highest BCUT2D eigenvalue weighted by molar-refractivity contribution is 5.01. The molecule has 3 fully saturated rings. The maximum absolute atomic E-state index is 2.71. The fourth-order valence-corrected chi connectivity index (χ4v) is 3.52. The summed E-state index contributed by atoms with van der Waals surface area (Å²) in [5.74, 6) is 0.918. The van der Waals surface area contributed by atoms with Crippen LogP contribution in [-0.2, 0) is 0 Å². The third kappa shape index (κ3) is 2.57. The lowest BCUT2D eigenvalue weighted by Crippen LogP contribution is -2.72. The van der Waals surface area contributed by atoms with E-state index in [2.05, 4.69) is 49.3 Å². The predicted octanol–water partition coefficient (Wildman–Crippen LogP) is 1.74. The molecule has 0 bridgehead atoms. The van der Waals surface area contributed by atoms with Gasteiger partial charge in [-0.2, -0.15) is 0 Å². The van der Waals surface area contributed by atoms with Crippen LogP contribution in [0.3, 0.4) is 0 Å². The second-order valence-corrected chi connectivity index (χ2v) is 8.33. The standard InChI is InChI=1S/C16H31N3/c1-12(2)17-8-14(9-17)19-10-15(11-19)18-6-13(7-18)16(3,4)5/h12-15H,6-11H2,1-5H3. The van der Waals surface area contributed by atoms with Crippen LogP contribution in [-0.4, -0.2) is 72.1 Å². The molecule has 3 nitrogen and oxygen atoms in total. The highest BCUT2D eigenvalue weighted by atomic mass is 15.4. The minimum absolute atomic E-state index is 0.506. The molecule has 0 aromatic heterocycles. The van der Waals surface area contributed by atoms with Crippen LogP contribution in [0, 0.1) is 11.3 Å². The van der Waals surface area contributed by atoms with Crippen molar-refractivity contribution in [1.82, 2.24) is 14.7 Å². The lowest BCUT2D eigenvalue weighted by atomic mass is 9.75. The minimum Gasteiger partial charge on any atom is -0.298 e. The lowest BCUT2D eigenvalue weighted by molar-refractivity contribution is -0.0990. The van der Waals surface area contributed by atoms with Crippen LogP contribution in [0.5, 0.6) is 0 Å². The highest BCUT2D eigenvalue weighted by Crippen LogP contribution is 2.36. The van der Waals surface area contributed by atoms with Crippen molar-refractivity contribution in [2.24, 2.45) is 11.3 Å². The molecule has 0 atom stereocenters. The van der Waals surface area contributed by atoms with Crippen LogP contribution < -0.4 is 0 Å². The topological polar surface area (TPSA) is 9.72 Å². The smallest absolute Gasteiger partial charge is 0.0352 e. The van der Waals surface area contributed by atoms with Gasteiger partial charge in [-0.1, -0.05) is 20.8 Å². The molecular weight excluding hydrogens is 234 g/mol. The summed E-state index contributed by atoms with van der Waals surface area (Å²) >= 11 is 0. The Morgan fingerprint density at radius 3 is 1.74 bits per heavy atom. The summed E-state index contributed by atoms with van der Waals surface area (Å²) in [6.07, 6.45) is 0. The molecule has 0 N–H and O–H groups in total. The van der Waals surface area contributed by atoms with E-state index in [0.717, 1.165) is 24.0 Å². The monoisotopic (exact) mass is 265 g/mol. The van der Waals surface area contributed by atoms with Crippen molar-refractivity contribution >= 4 is 0 Å². The van der Waals surface area contributed by atoms with Gasteiger partial charge in [0.25, 0.3) is 0 Å². The molecule has 0 amide bonds. The van der Waals surface area contributed by atoms with Gasteiger partial charge in [-0.3, -0.25) is 14.7 Å². The molecule has 0 aromatic rings. The Hall–Kier alpha value is -0.120. The molecule has 3 heteroatoms. The highest BCUT2D eigenvalue weighted by Gasteiger charge is 2.45. The Bertz CT molecular complexity index is 315. The average molecular weight is 265 g/mol. The SMILES string of the molecule is CC(C)N1CC(N2CC(N3CC(C(C)(C)C)C3)C2)C1. The Morgan fingerprint density at radius 2 is 1.26 bits per heavy atom. The molecular formula is C16H31N3. The Labute approximate surface area is 118 Å². The summed E-state index contributed by atoms with van der Waals surface area (Å²) < 4.78 is 0. The molecule has 0 radical (unpaired) electrons. The van der Waals surface area contributed by atoms with Crippen molar-refractivity contribution in [2.45, 2.75) is 52.7 Å². The minimum atomic E-state index is 0.506. The van der Waals surface area contributed by atoms with Gasteiger partial charge >= 0.3 is 0 Å². The van der Waals surface area contributed by atoms with E-state index in [1.807, 2.05) is 0 Å². The summed E-state index contributed by atoms with van der Waals surface area (Å²) in [6, 6.07) is 2.46. The molecule has 0 aromatic carbocycles. The van der Waals surface area contributed by atoms with Gasteiger partial charge in [0.1, 0.15) is 0 Å². The molecule has 110 valence electrons. The van der Waals surface area contributed by atoms with Gasteiger partial charge in [-0.15, -0.1) is 0 Å². The summed E-state index contributed by atoms with van der Waals surface area (Å²) in [7, 11) is 0. The molecule has 0 aliphatic carbocycles. The van der Waals surface area contributed by atoms with Gasteiger partial charge in [0.2, 0.25) is 0 Å². The van der Waals surface area contributed by atoms with E-state index in [-0.39, 0.29) is 0 Å². The van der Waals surface area contributed by atoms with Gasteiger partial charge in [0.15, 0.2) is 0 Å². The van der Waals surface area contributed by atoms with E-state index in [9.17, 15) is 0 Å². The van der Waals surface area contributed by atoms with Crippen LogP contribution in [0.2, 0.25) is 0 Å². The lowest BCUT2D eigenvalue weighted by Gasteiger charge is -2.59. The van der Waals surface area contributed by atoms with Crippen LogP contribution in [0.15, 0.2) is 0 Å². The molecule has 19 heavy (non-hydrogen) atoms. The third-order valence-corrected chi connectivity index (χ3v) is 5.68. The Morgan fingerprint density at radius 1 is 0.789 bits per heavy atom. The van der Waals surface area contributed by atoms with Gasteiger partial charge in [-0.25, -0.2) is 0 Å². The quantitative estimate of drug-likeness (QED) is 0.769. The molecule has 3 saturated heterocycles. The zero-order valence-electron chi connectivity index (χ0n) is 13.4. The molecule has 0 saturated carbocycles. The van der Waals surface area contributed by atoms with Crippen molar-refractivity contribution in [2.75, 3.05) is 39.3 Å². The maximum atomic E-state index is 2.71. The van der Waals surface area contributed by atoms with Crippen molar-refractivity contribution in [3.63, 3.8) is 0 Å². The van der Waals surface area contributed by atoms with Crippen molar-refractivity contribution in [3.05, 3.63) is 0 Å². The largest absolute Gasteiger partial charge is 0.298 e. The number of hydrogen-bond donors (Lipinski definition) is 0. The van der Waals surface area contributed by atoms with Gasteiger partial charge in [-0.05, 0) is 25.2 Å². The predicted molar refractivity (Wildman–Crippen MR) is 80.4 cm³/mol. The first-order chi connectivity index (χ1) is 8.84. The van der Waals surface area contributed by atoms with Crippen molar-refractivity contribution in [1.29, 1.82) is 0 Å². The molecule has 0 unspecified atom stereocenters. The van der Waals surface area contributed by atoms with E-state index in [1.54, 1.807) is 0 Å². The van der Waals surface area contributed by atoms with Crippen molar-refractivity contribution < 1.29 is 0 Å². The van der Waals surface area contributed by atoms with Gasteiger partial charge in [0, 0.05) is 57.4 Å². The van der Waals surface area contributed by atoms with E-state index < -0.39 is 0 Å². The second kappa shape index (κ2) is 4.71. The fourth-order valence-electron chi connectivity index (χ4n) is 3.52.